The summed E-state index contributed by atoms with van der Waals surface area (Å²) >= 11 is 1.50. The van der Waals surface area contributed by atoms with Crippen LogP contribution in [0.25, 0.3) is 5.69 Å². The molecule has 0 N–H and O–H groups in total. The standard InChI is InChI=1S/C21H20N4OS/c22-15-17-3-5-18(6-4-17)16-23-10-12-25(13-11-23)21(26)20-19(7-14-27-20)24-8-1-2-9-24/h1-9,14H,10-13,16H2. The molecule has 1 amide bonds. The van der Waals surface area contributed by atoms with Gasteiger partial charge in [-0.3, -0.25) is 9.69 Å². The van der Waals surface area contributed by atoms with Gasteiger partial charge in [0.1, 0.15) is 4.88 Å². The second kappa shape index (κ2) is 7.78. The van der Waals surface area contributed by atoms with Crippen LogP contribution in [0.2, 0.25) is 0 Å². The van der Waals surface area contributed by atoms with Gasteiger partial charge in [-0.15, -0.1) is 11.3 Å². The minimum Gasteiger partial charge on any atom is -0.335 e. The van der Waals surface area contributed by atoms with E-state index in [0.717, 1.165) is 43.3 Å². The van der Waals surface area contributed by atoms with Gasteiger partial charge in [-0.05, 0) is 41.3 Å². The lowest BCUT2D eigenvalue weighted by Gasteiger charge is -2.34. The van der Waals surface area contributed by atoms with Gasteiger partial charge in [0, 0.05) is 45.1 Å². The van der Waals surface area contributed by atoms with Crippen LogP contribution < -0.4 is 0 Å². The fraction of sp³-hybridized carbons (Fsp3) is 0.238. The highest BCUT2D eigenvalue weighted by molar-refractivity contribution is 7.12. The summed E-state index contributed by atoms with van der Waals surface area (Å²) in [6.45, 7) is 4.03. The van der Waals surface area contributed by atoms with Crippen LogP contribution in [-0.4, -0.2) is 46.5 Å². The second-order valence-electron chi connectivity index (χ2n) is 6.60. The first-order chi connectivity index (χ1) is 13.2. The smallest absolute Gasteiger partial charge is 0.266 e. The summed E-state index contributed by atoms with van der Waals surface area (Å²) in [5.41, 5.74) is 2.83. The zero-order valence-corrected chi connectivity index (χ0v) is 15.7. The topological polar surface area (TPSA) is 52.3 Å². The summed E-state index contributed by atoms with van der Waals surface area (Å²) in [6, 6.07) is 15.8. The molecular weight excluding hydrogens is 356 g/mol. The van der Waals surface area contributed by atoms with Gasteiger partial charge in [0.2, 0.25) is 0 Å². The molecule has 27 heavy (non-hydrogen) atoms. The Bertz CT molecular complexity index is 945. The molecule has 3 aromatic rings. The number of nitrogens with zero attached hydrogens (tertiary/aromatic N) is 4. The highest BCUT2D eigenvalue weighted by Gasteiger charge is 2.25. The Balaban J connectivity index is 1.37. The Labute approximate surface area is 162 Å². The third-order valence-corrected chi connectivity index (χ3v) is 5.76. The van der Waals surface area contributed by atoms with Crippen LogP contribution in [0.15, 0.2) is 60.2 Å². The van der Waals surface area contributed by atoms with Crippen molar-refractivity contribution < 1.29 is 4.79 Å². The zero-order valence-electron chi connectivity index (χ0n) is 14.9. The van der Waals surface area contributed by atoms with E-state index in [1.54, 1.807) is 0 Å². The van der Waals surface area contributed by atoms with Crippen LogP contribution in [0.5, 0.6) is 0 Å². The Morgan fingerprint density at radius 3 is 2.41 bits per heavy atom. The summed E-state index contributed by atoms with van der Waals surface area (Å²) in [5.74, 6) is 0.117. The van der Waals surface area contributed by atoms with E-state index in [2.05, 4.69) is 11.0 Å². The second-order valence-corrected chi connectivity index (χ2v) is 7.52. The van der Waals surface area contributed by atoms with E-state index in [1.165, 1.54) is 16.9 Å². The number of hydrogen-bond donors (Lipinski definition) is 0. The first-order valence-corrected chi connectivity index (χ1v) is 9.84. The zero-order chi connectivity index (χ0) is 18.6. The van der Waals surface area contributed by atoms with Gasteiger partial charge in [0.15, 0.2) is 0 Å². The summed E-state index contributed by atoms with van der Waals surface area (Å²) in [7, 11) is 0. The van der Waals surface area contributed by atoms with Crippen LogP contribution >= 0.6 is 11.3 Å². The number of benzene rings is 1. The van der Waals surface area contributed by atoms with Crippen molar-refractivity contribution >= 4 is 17.2 Å². The first kappa shape index (κ1) is 17.5. The third-order valence-electron chi connectivity index (χ3n) is 4.87. The summed E-state index contributed by atoms with van der Waals surface area (Å²) in [6.07, 6.45) is 3.93. The molecule has 1 saturated heterocycles. The van der Waals surface area contributed by atoms with Crippen molar-refractivity contribution in [2.75, 3.05) is 26.2 Å². The highest BCUT2D eigenvalue weighted by atomic mass is 32.1. The Kier molecular flexibility index (Phi) is 5.05. The predicted octanol–water partition coefficient (Wildman–Crippen LogP) is 3.37. The number of carbonyl (C=O) groups excluding carboxylic acids is 1. The van der Waals surface area contributed by atoms with Gasteiger partial charge in [0.25, 0.3) is 5.91 Å². The fourth-order valence-corrected chi connectivity index (χ4v) is 4.21. The normalized spacial score (nSPS) is 14.9. The predicted molar refractivity (Wildman–Crippen MR) is 106 cm³/mol. The molecule has 0 unspecified atom stereocenters. The van der Waals surface area contributed by atoms with E-state index < -0.39 is 0 Å². The van der Waals surface area contributed by atoms with Crippen molar-refractivity contribution in [2.45, 2.75) is 6.54 Å². The van der Waals surface area contributed by atoms with Gasteiger partial charge in [-0.2, -0.15) is 5.26 Å². The van der Waals surface area contributed by atoms with Gasteiger partial charge in [-0.25, -0.2) is 0 Å². The molecule has 4 rings (SSSR count). The molecule has 1 aliphatic heterocycles. The van der Waals surface area contributed by atoms with Crippen molar-refractivity contribution in [1.82, 2.24) is 14.4 Å². The maximum Gasteiger partial charge on any atom is 0.266 e. The number of aromatic nitrogens is 1. The van der Waals surface area contributed by atoms with Crippen molar-refractivity contribution in [3.63, 3.8) is 0 Å². The van der Waals surface area contributed by atoms with Crippen molar-refractivity contribution in [3.05, 3.63) is 76.2 Å². The molecule has 0 aliphatic carbocycles. The summed E-state index contributed by atoms with van der Waals surface area (Å²) in [5, 5.41) is 10.9. The Hall–Kier alpha value is -2.88. The first-order valence-electron chi connectivity index (χ1n) is 8.96. The van der Waals surface area contributed by atoms with Crippen molar-refractivity contribution in [3.8, 4) is 11.8 Å². The molecule has 1 aromatic carbocycles. The SMILES string of the molecule is N#Cc1ccc(CN2CCN(C(=O)c3sccc3-n3cccc3)CC2)cc1. The van der Waals surface area contributed by atoms with Gasteiger partial charge < -0.3 is 9.47 Å². The van der Waals surface area contributed by atoms with Crippen molar-refractivity contribution in [2.24, 2.45) is 0 Å². The summed E-state index contributed by atoms with van der Waals surface area (Å²) < 4.78 is 1.99. The van der Waals surface area contributed by atoms with E-state index in [1.807, 2.05) is 69.7 Å². The molecule has 0 radical (unpaired) electrons. The minimum absolute atomic E-state index is 0.117. The Morgan fingerprint density at radius 1 is 1.04 bits per heavy atom. The molecule has 2 aromatic heterocycles. The lowest BCUT2D eigenvalue weighted by atomic mass is 10.1. The average molecular weight is 376 g/mol. The number of piperazine rings is 1. The maximum atomic E-state index is 13.0. The molecule has 0 saturated carbocycles. The number of rotatable bonds is 4. The molecule has 6 heteroatoms. The van der Waals surface area contributed by atoms with Gasteiger partial charge >= 0.3 is 0 Å². The Morgan fingerprint density at radius 2 is 1.74 bits per heavy atom. The molecule has 136 valence electrons. The maximum absolute atomic E-state index is 13.0. The van der Waals surface area contributed by atoms with E-state index >= 15 is 0 Å². The molecule has 1 aliphatic rings. The van der Waals surface area contributed by atoms with Crippen LogP contribution in [0, 0.1) is 11.3 Å². The number of nitriles is 1. The fourth-order valence-electron chi connectivity index (χ4n) is 3.36. The highest BCUT2D eigenvalue weighted by Crippen LogP contribution is 2.24. The average Bonchev–Trinajstić information content (AvgIpc) is 3.40. The lowest BCUT2D eigenvalue weighted by molar-refractivity contribution is 0.0633. The van der Waals surface area contributed by atoms with Gasteiger partial charge in [-0.1, -0.05) is 12.1 Å². The van der Waals surface area contributed by atoms with E-state index in [-0.39, 0.29) is 5.91 Å². The molecule has 0 bridgehead atoms. The molecule has 3 heterocycles. The number of amides is 1. The molecule has 0 atom stereocenters. The largest absolute Gasteiger partial charge is 0.335 e. The number of hydrogen-bond acceptors (Lipinski definition) is 4. The van der Waals surface area contributed by atoms with E-state index in [4.69, 9.17) is 5.26 Å². The molecule has 5 nitrogen and oxygen atoms in total. The molecule has 0 spiro atoms. The monoisotopic (exact) mass is 376 g/mol. The van der Waals surface area contributed by atoms with Crippen LogP contribution in [0.4, 0.5) is 0 Å². The van der Waals surface area contributed by atoms with Crippen LogP contribution in [0.3, 0.4) is 0 Å². The van der Waals surface area contributed by atoms with Crippen LogP contribution in [-0.2, 0) is 6.54 Å². The number of carbonyl (C=O) groups is 1. The van der Waals surface area contributed by atoms with Gasteiger partial charge in [0.05, 0.1) is 17.3 Å². The molecular formula is C21H20N4OS. The molecule has 1 fully saturated rings. The van der Waals surface area contributed by atoms with E-state index in [0.29, 0.717) is 5.56 Å². The quantitative estimate of drug-likeness (QED) is 0.702. The van der Waals surface area contributed by atoms with Crippen molar-refractivity contribution in [1.29, 1.82) is 5.26 Å². The third kappa shape index (κ3) is 3.80. The van der Waals surface area contributed by atoms with Crippen LogP contribution in [0.1, 0.15) is 20.8 Å². The number of thiophene rings is 1. The minimum atomic E-state index is 0.117. The lowest BCUT2D eigenvalue weighted by Crippen LogP contribution is -2.48. The van der Waals surface area contributed by atoms with E-state index in [9.17, 15) is 4.79 Å². The summed E-state index contributed by atoms with van der Waals surface area (Å²) in [4.78, 5) is 18.1.